The molecule has 0 aliphatic heterocycles. The number of aromatic amines is 1. The lowest BCUT2D eigenvalue weighted by atomic mass is 10.1. The van der Waals surface area contributed by atoms with Crippen molar-refractivity contribution in [1.82, 2.24) is 25.0 Å². The van der Waals surface area contributed by atoms with Crippen molar-refractivity contribution in [2.45, 2.75) is 26.0 Å². The number of hydrogen-bond acceptors (Lipinski definition) is 6. The monoisotopic (exact) mass is 392 g/mol. The highest BCUT2D eigenvalue weighted by Gasteiger charge is 2.21. The molecule has 0 aliphatic carbocycles. The molecule has 0 fully saturated rings. The van der Waals surface area contributed by atoms with Gasteiger partial charge in [0.25, 0.3) is 5.91 Å². The van der Waals surface area contributed by atoms with Crippen molar-refractivity contribution in [2.24, 2.45) is 0 Å². The average molecular weight is 392 g/mol. The Morgan fingerprint density at radius 2 is 2.17 bits per heavy atom. The van der Waals surface area contributed by atoms with Crippen LogP contribution in [0.2, 0.25) is 0 Å². The Morgan fingerprint density at radius 3 is 2.86 bits per heavy atom. The maximum Gasteiger partial charge on any atom is 0.291 e. The summed E-state index contributed by atoms with van der Waals surface area (Å²) in [5, 5.41) is 24.0. The van der Waals surface area contributed by atoms with Crippen LogP contribution in [0.25, 0.3) is 22.7 Å². The Hall–Kier alpha value is -3.72. The summed E-state index contributed by atoms with van der Waals surface area (Å²) in [6.45, 7) is 3.63. The van der Waals surface area contributed by atoms with Gasteiger partial charge < -0.3 is 14.8 Å². The number of pyridine rings is 1. The normalized spacial score (nSPS) is 11.6. The fraction of sp³-hybridized carbons (Fsp3) is 0.200. The van der Waals surface area contributed by atoms with Gasteiger partial charge in [-0.25, -0.2) is 0 Å². The van der Waals surface area contributed by atoms with Crippen LogP contribution in [0.4, 0.5) is 5.69 Å². The van der Waals surface area contributed by atoms with Gasteiger partial charge in [-0.3, -0.25) is 19.6 Å². The Balaban J connectivity index is 1.62. The van der Waals surface area contributed by atoms with Gasteiger partial charge in [-0.2, -0.15) is 10.2 Å². The first-order valence-corrected chi connectivity index (χ1v) is 9.01. The van der Waals surface area contributed by atoms with Crippen LogP contribution in [0.1, 0.15) is 24.4 Å². The quantitative estimate of drug-likeness (QED) is 0.464. The van der Waals surface area contributed by atoms with E-state index in [1.165, 1.54) is 0 Å². The predicted molar refractivity (Wildman–Crippen MR) is 106 cm³/mol. The van der Waals surface area contributed by atoms with Gasteiger partial charge in [-0.05, 0) is 38.1 Å². The zero-order valence-electron chi connectivity index (χ0n) is 16.0. The highest BCUT2D eigenvalue weighted by atomic mass is 16.4. The van der Waals surface area contributed by atoms with Crippen molar-refractivity contribution < 1.29 is 14.3 Å². The van der Waals surface area contributed by atoms with Crippen LogP contribution in [0, 0.1) is 0 Å². The minimum atomic E-state index is -0.963. The summed E-state index contributed by atoms with van der Waals surface area (Å²) < 4.78 is 7.22. The molecule has 0 saturated carbocycles. The number of hydrogen-bond donors (Lipinski definition) is 3. The van der Waals surface area contributed by atoms with E-state index in [1.807, 2.05) is 6.07 Å². The van der Waals surface area contributed by atoms with Gasteiger partial charge in [0, 0.05) is 18.6 Å². The zero-order chi connectivity index (χ0) is 20.4. The van der Waals surface area contributed by atoms with Crippen molar-refractivity contribution in [1.29, 1.82) is 0 Å². The predicted octanol–water partition coefficient (Wildman–Crippen LogP) is 2.95. The van der Waals surface area contributed by atoms with Gasteiger partial charge in [0.15, 0.2) is 5.76 Å². The minimum Gasteiger partial charge on any atom is -0.451 e. The lowest BCUT2D eigenvalue weighted by molar-refractivity contribution is 0.0578. The van der Waals surface area contributed by atoms with Gasteiger partial charge in [0.05, 0.1) is 35.3 Å². The van der Waals surface area contributed by atoms with Crippen molar-refractivity contribution >= 4 is 11.6 Å². The van der Waals surface area contributed by atoms with Gasteiger partial charge in [-0.1, -0.05) is 6.07 Å². The summed E-state index contributed by atoms with van der Waals surface area (Å²) in [6.07, 6.45) is 6.61. The molecule has 9 heteroatoms. The zero-order valence-corrected chi connectivity index (χ0v) is 16.0. The number of amides is 1. The summed E-state index contributed by atoms with van der Waals surface area (Å²) in [7, 11) is 0. The van der Waals surface area contributed by atoms with E-state index in [4.69, 9.17) is 4.42 Å². The number of nitrogens with one attached hydrogen (secondary N) is 2. The number of anilines is 1. The van der Waals surface area contributed by atoms with Crippen molar-refractivity contribution in [3.05, 3.63) is 60.9 Å². The number of aromatic nitrogens is 5. The van der Waals surface area contributed by atoms with Crippen molar-refractivity contribution in [3.8, 4) is 22.7 Å². The molecule has 0 saturated heterocycles. The summed E-state index contributed by atoms with van der Waals surface area (Å²) in [4.78, 5) is 17.1. The molecule has 1 amide bonds. The van der Waals surface area contributed by atoms with Crippen LogP contribution < -0.4 is 5.32 Å². The molecule has 4 aromatic rings. The van der Waals surface area contributed by atoms with Crippen molar-refractivity contribution in [2.75, 3.05) is 5.32 Å². The van der Waals surface area contributed by atoms with E-state index < -0.39 is 11.5 Å². The van der Waals surface area contributed by atoms with E-state index in [9.17, 15) is 9.90 Å². The number of nitrogens with zero attached hydrogens (tertiary/aromatic N) is 4. The molecule has 9 nitrogen and oxygen atoms in total. The highest BCUT2D eigenvalue weighted by molar-refractivity contribution is 6.04. The second kappa shape index (κ2) is 7.36. The molecule has 4 rings (SSSR count). The molecular formula is C20H20N6O3. The molecule has 0 unspecified atom stereocenters. The first kappa shape index (κ1) is 18.6. The summed E-state index contributed by atoms with van der Waals surface area (Å²) >= 11 is 0. The van der Waals surface area contributed by atoms with Crippen LogP contribution in [0.15, 0.2) is 59.5 Å². The number of rotatable bonds is 6. The average Bonchev–Trinajstić information content (AvgIpc) is 3.41. The lowest BCUT2D eigenvalue weighted by Crippen LogP contribution is -2.26. The molecule has 29 heavy (non-hydrogen) atoms. The molecule has 4 heterocycles. The highest BCUT2D eigenvalue weighted by Crippen LogP contribution is 2.27. The van der Waals surface area contributed by atoms with Gasteiger partial charge in [0.2, 0.25) is 0 Å². The van der Waals surface area contributed by atoms with Gasteiger partial charge in [0.1, 0.15) is 11.5 Å². The lowest BCUT2D eigenvalue weighted by Gasteiger charge is -2.16. The van der Waals surface area contributed by atoms with E-state index in [-0.39, 0.29) is 12.3 Å². The van der Waals surface area contributed by atoms with E-state index in [0.29, 0.717) is 22.8 Å². The Labute approximate surface area is 166 Å². The van der Waals surface area contributed by atoms with E-state index in [0.717, 1.165) is 5.56 Å². The van der Waals surface area contributed by atoms with Crippen LogP contribution >= 0.6 is 0 Å². The van der Waals surface area contributed by atoms with Crippen molar-refractivity contribution in [3.63, 3.8) is 0 Å². The molecule has 148 valence electrons. The fourth-order valence-corrected chi connectivity index (χ4v) is 2.87. The number of furan rings is 1. The number of H-pyrrole nitrogens is 1. The fourth-order valence-electron chi connectivity index (χ4n) is 2.87. The third-order valence-electron chi connectivity index (χ3n) is 4.08. The first-order chi connectivity index (χ1) is 13.9. The molecular weight excluding hydrogens is 372 g/mol. The molecule has 0 aromatic carbocycles. The number of carbonyl (C=O) groups excluding carboxylic acids is 1. The Kier molecular flexibility index (Phi) is 4.73. The van der Waals surface area contributed by atoms with Gasteiger partial charge >= 0.3 is 0 Å². The maximum atomic E-state index is 12.7. The van der Waals surface area contributed by atoms with E-state index >= 15 is 0 Å². The minimum absolute atomic E-state index is 0.156. The Morgan fingerprint density at radius 1 is 1.31 bits per heavy atom. The summed E-state index contributed by atoms with van der Waals surface area (Å²) in [6, 6.07) is 8.75. The summed E-state index contributed by atoms with van der Waals surface area (Å²) in [5.41, 5.74) is 1.37. The standard InChI is InChI=1S/C20H20N6O3/c1-20(2,28)12-26-11-15(18(25-26)14-5-3-4-8-21-14)24-19(27)17-7-6-16(29-17)13-9-22-23-10-13/h3-11,28H,12H2,1-2H3,(H,22,23)(H,24,27). The molecule has 0 aliphatic rings. The molecule has 3 N–H and O–H groups in total. The third kappa shape index (κ3) is 4.25. The van der Waals surface area contributed by atoms with E-state index in [2.05, 4.69) is 25.6 Å². The summed E-state index contributed by atoms with van der Waals surface area (Å²) in [5.74, 6) is 0.273. The largest absolute Gasteiger partial charge is 0.451 e. The van der Waals surface area contributed by atoms with Crippen LogP contribution in [0.3, 0.4) is 0 Å². The molecule has 0 spiro atoms. The second-order valence-corrected chi connectivity index (χ2v) is 7.22. The van der Waals surface area contributed by atoms with Crippen LogP contribution in [-0.4, -0.2) is 41.6 Å². The maximum absolute atomic E-state index is 12.7. The topological polar surface area (TPSA) is 122 Å². The van der Waals surface area contributed by atoms with Gasteiger partial charge in [-0.15, -0.1) is 0 Å². The smallest absolute Gasteiger partial charge is 0.291 e. The molecule has 0 bridgehead atoms. The van der Waals surface area contributed by atoms with Crippen LogP contribution in [-0.2, 0) is 6.54 Å². The third-order valence-corrected chi connectivity index (χ3v) is 4.08. The molecule has 4 aromatic heterocycles. The molecule has 0 atom stereocenters. The number of aliphatic hydroxyl groups is 1. The number of carbonyl (C=O) groups is 1. The first-order valence-electron chi connectivity index (χ1n) is 9.01. The Bertz CT molecular complexity index is 1110. The molecule has 0 radical (unpaired) electrons. The SMILES string of the molecule is CC(C)(O)Cn1cc(NC(=O)c2ccc(-c3cn[nH]c3)o2)c(-c2ccccn2)n1. The second-order valence-electron chi connectivity index (χ2n) is 7.22. The van der Waals surface area contributed by atoms with E-state index in [1.54, 1.807) is 67.6 Å². The van der Waals surface area contributed by atoms with Crippen LogP contribution in [0.5, 0.6) is 0 Å².